The molecule has 0 saturated carbocycles. The van der Waals surface area contributed by atoms with Gasteiger partial charge in [0, 0.05) is 18.2 Å². The summed E-state index contributed by atoms with van der Waals surface area (Å²) in [7, 11) is 0. The van der Waals surface area contributed by atoms with E-state index in [0.717, 1.165) is 0 Å². The van der Waals surface area contributed by atoms with Crippen LogP contribution in [0.15, 0.2) is 18.2 Å². The van der Waals surface area contributed by atoms with E-state index >= 15 is 0 Å². The summed E-state index contributed by atoms with van der Waals surface area (Å²) in [5.74, 6) is 0.0601. The van der Waals surface area contributed by atoms with Crippen LogP contribution in [0.3, 0.4) is 0 Å². The van der Waals surface area contributed by atoms with Gasteiger partial charge < -0.3 is 10.4 Å². The standard InChI is InChI=1S/C9H11NO2/c1-6-8(10-7(2)11)4-3-5-9(6)12/h3-5,12H,1-2H3,(H,10,11). The maximum Gasteiger partial charge on any atom is 0.221 e. The molecule has 0 spiro atoms. The first kappa shape index (κ1) is 8.59. The largest absolute Gasteiger partial charge is 0.508 e. The van der Waals surface area contributed by atoms with Gasteiger partial charge in [-0.3, -0.25) is 4.79 Å². The van der Waals surface area contributed by atoms with Crippen LogP contribution in [0.4, 0.5) is 5.69 Å². The predicted molar refractivity (Wildman–Crippen MR) is 47.1 cm³/mol. The van der Waals surface area contributed by atoms with Crippen molar-refractivity contribution in [2.75, 3.05) is 5.32 Å². The Hall–Kier alpha value is -1.51. The van der Waals surface area contributed by atoms with E-state index in [9.17, 15) is 9.90 Å². The van der Waals surface area contributed by atoms with Crippen molar-refractivity contribution in [2.45, 2.75) is 13.8 Å². The minimum atomic E-state index is -0.135. The summed E-state index contributed by atoms with van der Waals surface area (Å²) in [6, 6.07) is 5.02. The number of carbonyl (C=O) groups is 1. The number of anilines is 1. The second-order valence-electron chi connectivity index (χ2n) is 2.63. The summed E-state index contributed by atoms with van der Waals surface area (Å²) < 4.78 is 0. The highest BCUT2D eigenvalue weighted by Gasteiger charge is 2.02. The van der Waals surface area contributed by atoms with Gasteiger partial charge in [-0.05, 0) is 19.1 Å². The Morgan fingerprint density at radius 1 is 1.50 bits per heavy atom. The smallest absolute Gasteiger partial charge is 0.221 e. The lowest BCUT2D eigenvalue weighted by atomic mass is 10.2. The van der Waals surface area contributed by atoms with Crippen LogP contribution in [0.5, 0.6) is 5.75 Å². The maximum atomic E-state index is 10.7. The summed E-state index contributed by atoms with van der Waals surface area (Å²) in [6.07, 6.45) is 0. The molecule has 0 bridgehead atoms. The van der Waals surface area contributed by atoms with Crippen molar-refractivity contribution in [1.82, 2.24) is 0 Å². The number of hydrogen-bond donors (Lipinski definition) is 2. The fourth-order valence-electron chi connectivity index (χ4n) is 0.949. The van der Waals surface area contributed by atoms with Crippen molar-refractivity contribution >= 4 is 11.6 Å². The minimum absolute atomic E-state index is 0.135. The molecule has 0 aromatic heterocycles. The topological polar surface area (TPSA) is 49.3 Å². The third-order valence-corrected chi connectivity index (χ3v) is 1.62. The molecule has 64 valence electrons. The van der Waals surface area contributed by atoms with Gasteiger partial charge >= 0.3 is 0 Å². The van der Waals surface area contributed by atoms with Gasteiger partial charge in [-0.15, -0.1) is 0 Å². The highest BCUT2D eigenvalue weighted by atomic mass is 16.3. The Morgan fingerprint density at radius 3 is 2.75 bits per heavy atom. The summed E-state index contributed by atoms with van der Waals surface area (Å²) >= 11 is 0. The number of nitrogens with one attached hydrogen (secondary N) is 1. The fraction of sp³-hybridized carbons (Fsp3) is 0.222. The van der Waals surface area contributed by atoms with Gasteiger partial charge in [-0.1, -0.05) is 6.07 Å². The van der Waals surface area contributed by atoms with Gasteiger partial charge in [-0.25, -0.2) is 0 Å². The lowest BCUT2D eigenvalue weighted by molar-refractivity contribution is -0.114. The number of hydrogen-bond acceptors (Lipinski definition) is 2. The van der Waals surface area contributed by atoms with Gasteiger partial charge in [-0.2, -0.15) is 0 Å². The highest BCUT2D eigenvalue weighted by Crippen LogP contribution is 2.23. The molecular weight excluding hydrogens is 154 g/mol. The van der Waals surface area contributed by atoms with E-state index in [1.165, 1.54) is 6.92 Å². The first-order valence-electron chi connectivity index (χ1n) is 3.67. The molecule has 1 amide bonds. The predicted octanol–water partition coefficient (Wildman–Crippen LogP) is 1.66. The molecule has 0 unspecified atom stereocenters. The third-order valence-electron chi connectivity index (χ3n) is 1.62. The molecule has 0 aliphatic heterocycles. The maximum absolute atomic E-state index is 10.7. The van der Waals surface area contributed by atoms with Gasteiger partial charge in [0.15, 0.2) is 0 Å². The molecule has 0 atom stereocenters. The van der Waals surface area contributed by atoms with E-state index in [-0.39, 0.29) is 11.7 Å². The molecule has 3 heteroatoms. The van der Waals surface area contributed by atoms with E-state index in [4.69, 9.17) is 0 Å². The molecular formula is C9H11NO2. The van der Waals surface area contributed by atoms with Crippen molar-refractivity contribution in [3.8, 4) is 5.75 Å². The van der Waals surface area contributed by atoms with Crippen molar-refractivity contribution in [1.29, 1.82) is 0 Å². The van der Waals surface area contributed by atoms with Crippen LogP contribution in [0.25, 0.3) is 0 Å². The molecule has 0 fully saturated rings. The number of aromatic hydroxyl groups is 1. The zero-order valence-electron chi connectivity index (χ0n) is 7.09. The highest BCUT2D eigenvalue weighted by molar-refractivity contribution is 5.89. The van der Waals surface area contributed by atoms with E-state index in [0.29, 0.717) is 11.3 Å². The number of carbonyl (C=O) groups excluding carboxylic acids is 1. The quantitative estimate of drug-likeness (QED) is 0.664. The molecule has 0 aliphatic carbocycles. The Balaban J connectivity index is 3.00. The summed E-state index contributed by atoms with van der Waals surface area (Å²) in [5, 5.41) is 11.9. The summed E-state index contributed by atoms with van der Waals surface area (Å²) in [6.45, 7) is 3.18. The zero-order valence-corrected chi connectivity index (χ0v) is 7.09. The number of benzene rings is 1. The van der Waals surface area contributed by atoms with E-state index in [2.05, 4.69) is 5.32 Å². The number of rotatable bonds is 1. The molecule has 1 rings (SSSR count). The molecule has 0 radical (unpaired) electrons. The summed E-state index contributed by atoms with van der Waals surface area (Å²) in [5.41, 5.74) is 1.34. The lowest BCUT2D eigenvalue weighted by Crippen LogP contribution is -2.06. The number of phenolic OH excluding ortho intramolecular Hbond substituents is 1. The van der Waals surface area contributed by atoms with Crippen LogP contribution in [0.2, 0.25) is 0 Å². The Morgan fingerprint density at radius 2 is 2.17 bits per heavy atom. The Kier molecular flexibility index (Phi) is 2.33. The van der Waals surface area contributed by atoms with E-state index in [1.807, 2.05) is 0 Å². The Labute approximate surface area is 71.0 Å². The van der Waals surface area contributed by atoms with Crippen molar-refractivity contribution in [3.05, 3.63) is 23.8 Å². The van der Waals surface area contributed by atoms with Crippen LogP contribution >= 0.6 is 0 Å². The number of phenols is 1. The van der Waals surface area contributed by atoms with Crippen molar-refractivity contribution in [3.63, 3.8) is 0 Å². The summed E-state index contributed by atoms with van der Waals surface area (Å²) in [4.78, 5) is 10.7. The van der Waals surface area contributed by atoms with E-state index in [1.54, 1.807) is 25.1 Å². The zero-order chi connectivity index (χ0) is 9.14. The molecule has 1 aromatic carbocycles. The van der Waals surface area contributed by atoms with Crippen LogP contribution in [-0.2, 0) is 4.79 Å². The Bertz CT molecular complexity index is 307. The molecule has 2 N–H and O–H groups in total. The third kappa shape index (κ3) is 1.75. The molecule has 0 aliphatic rings. The van der Waals surface area contributed by atoms with Gasteiger partial charge in [0.1, 0.15) is 5.75 Å². The first-order valence-corrected chi connectivity index (χ1v) is 3.67. The second-order valence-corrected chi connectivity index (χ2v) is 2.63. The molecule has 1 aromatic rings. The van der Waals surface area contributed by atoms with E-state index < -0.39 is 0 Å². The molecule has 3 nitrogen and oxygen atoms in total. The average molecular weight is 165 g/mol. The lowest BCUT2D eigenvalue weighted by Gasteiger charge is -2.06. The van der Waals surface area contributed by atoms with Crippen LogP contribution in [0.1, 0.15) is 12.5 Å². The van der Waals surface area contributed by atoms with Crippen molar-refractivity contribution < 1.29 is 9.90 Å². The normalized spacial score (nSPS) is 9.50. The monoisotopic (exact) mass is 165 g/mol. The van der Waals surface area contributed by atoms with Gasteiger partial charge in [0.2, 0.25) is 5.91 Å². The van der Waals surface area contributed by atoms with Gasteiger partial charge in [0.25, 0.3) is 0 Å². The first-order chi connectivity index (χ1) is 5.61. The SMILES string of the molecule is CC(=O)Nc1cccc(O)c1C. The average Bonchev–Trinajstić information content (AvgIpc) is 1.98. The van der Waals surface area contributed by atoms with Crippen LogP contribution in [-0.4, -0.2) is 11.0 Å². The molecule has 12 heavy (non-hydrogen) atoms. The molecule has 0 saturated heterocycles. The van der Waals surface area contributed by atoms with Crippen LogP contribution < -0.4 is 5.32 Å². The molecule has 0 heterocycles. The van der Waals surface area contributed by atoms with Gasteiger partial charge in [0.05, 0.1) is 0 Å². The number of amides is 1. The fourth-order valence-corrected chi connectivity index (χ4v) is 0.949. The van der Waals surface area contributed by atoms with Crippen LogP contribution in [0, 0.1) is 6.92 Å². The minimum Gasteiger partial charge on any atom is -0.508 e. The second kappa shape index (κ2) is 3.26. The van der Waals surface area contributed by atoms with Crippen molar-refractivity contribution in [2.24, 2.45) is 0 Å².